The van der Waals surface area contributed by atoms with Gasteiger partial charge in [0, 0.05) is 6.42 Å². The molecule has 1 saturated carbocycles. The van der Waals surface area contributed by atoms with Gasteiger partial charge in [-0.05, 0) is 36.8 Å². The predicted molar refractivity (Wildman–Crippen MR) is 83.1 cm³/mol. The second kappa shape index (κ2) is 7.26. The van der Waals surface area contributed by atoms with Crippen molar-refractivity contribution in [3.05, 3.63) is 29.6 Å². The van der Waals surface area contributed by atoms with Crippen LogP contribution in [0.3, 0.4) is 0 Å². The van der Waals surface area contributed by atoms with E-state index in [2.05, 4.69) is 6.92 Å². The van der Waals surface area contributed by atoms with E-state index in [1.807, 2.05) is 0 Å². The average molecular weight is 294 g/mol. The number of benzene rings is 1. The summed E-state index contributed by atoms with van der Waals surface area (Å²) in [6.45, 7) is 2.21. The molecule has 0 aliphatic heterocycles. The Hall–Kier alpha value is -1.09. The molecule has 2 atom stereocenters. The molecule has 0 aromatic heterocycles. The van der Waals surface area contributed by atoms with E-state index < -0.39 is 5.60 Å². The molecule has 0 heterocycles. The van der Waals surface area contributed by atoms with E-state index in [0.29, 0.717) is 12.0 Å². The van der Waals surface area contributed by atoms with Crippen molar-refractivity contribution in [3.8, 4) is 5.75 Å². The van der Waals surface area contributed by atoms with Gasteiger partial charge in [0.2, 0.25) is 0 Å². The molecule has 118 valence electrons. The zero-order chi connectivity index (χ0) is 15.3. The van der Waals surface area contributed by atoms with E-state index in [9.17, 15) is 9.50 Å². The summed E-state index contributed by atoms with van der Waals surface area (Å²) in [5, 5.41) is 10.9. The molecule has 21 heavy (non-hydrogen) atoms. The molecule has 2 nitrogen and oxygen atoms in total. The Balaban J connectivity index is 2.07. The second-order valence-electron chi connectivity index (χ2n) is 6.42. The van der Waals surface area contributed by atoms with Crippen LogP contribution in [0.2, 0.25) is 0 Å². The number of halogens is 1. The van der Waals surface area contributed by atoms with Gasteiger partial charge in [-0.3, -0.25) is 0 Å². The van der Waals surface area contributed by atoms with Crippen molar-refractivity contribution >= 4 is 0 Å². The minimum atomic E-state index is -0.768. The molecule has 1 aromatic carbocycles. The van der Waals surface area contributed by atoms with Crippen LogP contribution in [0.25, 0.3) is 0 Å². The highest BCUT2D eigenvalue weighted by molar-refractivity contribution is 5.32. The molecule has 3 heteroatoms. The van der Waals surface area contributed by atoms with Crippen LogP contribution in [0.4, 0.5) is 4.39 Å². The Morgan fingerprint density at radius 2 is 2.14 bits per heavy atom. The fraction of sp³-hybridized carbons (Fsp3) is 0.667. The molecule has 1 aliphatic carbocycles. The lowest BCUT2D eigenvalue weighted by Gasteiger charge is -2.27. The van der Waals surface area contributed by atoms with Crippen molar-refractivity contribution in [2.24, 2.45) is 5.92 Å². The molecular weight excluding hydrogens is 267 g/mol. The number of aliphatic hydroxyl groups is 1. The van der Waals surface area contributed by atoms with Crippen molar-refractivity contribution < 1.29 is 14.2 Å². The Morgan fingerprint density at radius 3 is 2.86 bits per heavy atom. The van der Waals surface area contributed by atoms with Crippen LogP contribution < -0.4 is 4.74 Å². The highest BCUT2D eigenvalue weighted by Gasteiger charge is 2.32. The van der Waals surface area contributed by atoms with E-state index in [4.69, 9.17) is 4.74 Å². The first-order valence-corrected chi connectivity index (χ1v) is 8.12. The maximum atomic E-state index is 14.3. The lowest BCUT2D eigenvalue weighted by Crippen LogP contribution is -2.31. The minimum Gasteiger partial charge on any atom is -0.494 e. The molecular formula is C18H27FO2. The van der Waals surface area contributed by atoms with Crippen LogP contribution in [0, 0.1) is 11.7 Å². The minimum absolute atomic E-state index is 0.258. The number of rotatable bonds is 5. The first-order valence-electron chi connectivity index (χ1n) is 8.12. The Labute approximate surface area is 127 Å². The molecule has 0 saturated heterocycles. The molecule has 0 amide bonds. The van der Waals surface area contributed by atoms with Crippen molar-refractivity contribution in [1.29, 1.82) is 0 Å². The predicted octanol–water partition coefficient (Wildman–Crippen LogP) is 4.49. The number of ether oxygens (including phenoxy) is 1. The molecule has 2 unspecified atom stereocenters. The Kier molecular flexibility index (Phi) is 5.63. The maximum Gasteiger partial charge on any atom is 0.168 e. The third-order valence-corrected chi connectivity index (χ3v) is 4.75. The molecule has 1 fully saturated rings. The van der Waals surface area contributed by atoms with Crippen LogP contribution in [0.1, 0.15) is 57.4 Å². The number of methoxy groups -OCH3 is 1. The summed E-state index contributed by atoms with van der Waals surface area (Å²) in [6.07, 6.45) is 7.64. The SMILES string of the molecule is CCCC1CCCC(O)(Cc2cccc(OC)c2F)CC1. The van der Waals surface area contributed by atoms with Gasteiger partial charge in [0.05, 0.1) is 12.7 Å². The first-order chi connectivity index (χ1) is 10.1. The van der Waals surface area contributed by atoms with Crippen LogP contribution in [0.15, 0.2) is 18.2 Å². The van der Waals surface area contributed by atoms with Gasteiger partial charge < -0.3 is 9.84 Å². The fourth-order valence-electron chi connectivity index (χ4n) is 3.54. The summed E-state index contributed by atoms with van der Waals surface area (Å²) >= 11 is 0. The quantitative estimate of drug-likeness (QED) is 0.811. The summed E-state index contributed by atoms with van der Waals surface area (Å²) in [6, 6.07) is 5.16. The van der Waals surface area contributed by atoms with Crippen molar-refractivity contribution in [3.63, 3.8) is 0 Å². The fourth-order valence-corrected chi connectivity index (χ4v) is 3.54. The zero-order valence-corrected chi connectivity index (χ0v) is 13.2. The van der Waals surface area contributed by atoms with E-state index in [1.54, 1.807) is 18.2 Å². The topological polar surface area (TPSA) is 29.5 Å². The summed E-state index contributed by atoms with van der Waals surface area (Å²) in [7, 11) is 1.47. The van der Waals surface area contributed by atoms with E-state index in [1.165, 1.54) is 26.4 Å². The highest BCUT2D eigenvalue weighted by Crippen LogP contribution is 2.35. The molecule has 1 aromatic rings. The van der Waals surface area contributed by atoms with Gasteiger partial charge in [-0.1, -0.05) is 44.7 Å². The van der Waals surface area contributed by atoms with E-state index in [-0.39, 0.29) is 11.6 Å². The largest absolute Gasteiger partial charge is 0.494 e. The van der Waals surface area contributed by atoms with Crippen molar-refractivity contribution in [2.75, 3.05) is 7.11 Å². The Bertz CT molecular complexity index is 461. The summed E-state index contributed by atoms with van der Waals surface area (Å²) in [5.74, 6) is 0.649. The van der Waals surface area contributed by atoms with Crippen LogP contribution in [0.5, 0.6) is 5.75 Å². The van der Waals surface area contributed by atoms with Gasteiger partial charge in [-0.2, -0.15) is 0 Å². The van der Waals surface area contributed by atoms with Gasteiger partial charge in [0.25, 0.3) is 0 Å². The van der Waals surface area contributed by atoms with Gasteiger partial charge >= 0.3 is 0 Å². The summed E-state index contributed by atoms with van der Waals surface area (Å²) < 4.78 is 19.3. The van der Waals surface area contributed by atoms with Crippen molar-refractivity contribution in [1.82, 2.24) is 0 Å². The van der Waals surface area contributed by atoms with Crippen molar-refractivity contribution in [2.45, 2.75) is 63.9 Å². The summed E-state index contributed by atoms with van der Waals surface area (Å²) in [5.41, 5.74) is -0.207. The Morgan fingerprint density at radius 1 is 1.33 bits per heavy atom. The number of hydrogen-bond donors (Lipinski definition) is 1. The molecule has 0 bridgehead atoms. The molecule has 0 radical (unpaired) electrons. The smallest absolute Gasteiger partial charge is 0.168 e. The van der Waals surface area contributed by atoms with E-state index in [0.717, 1.165) is 31.6 Å². The number of hydrogen-bond acceptors (Lipinski definition) is 2. The zero-order valence-electron chi connectivity index (χ0n) is 13.2. The monoisotopic (exact) mass is 294 g/mol. The molecule has 2 rings (SSSR count). The lowest BCUT2D eigenvalue weighted by molar-refractivity contribution is 0.0232. The molecule has 1 aliphatic rings. The van der Waals surface area contributed by atoms with Gasteiger partial charge in [0.15, 0.2) is 11.6 Å². The first kappa shape index (κ1) is 16.3. The normalized spacial score (nSPS) is 26.4. The third-order valence-electron chi connectivity index (χ3n) is 4.75. The van der Waals surface area contributed by atoms with Gasteiger partial charge in [0.1, 0.15) is 0 Å². The maximum absolute atomic E-state index is 14.3. The van der Waals surface area contributed by atoms with Crippen LogP contribution in [-0.2, 0) is 6.42 Å². The molecule has 1 N–H and O–H groups in total. The summed E-state index contributed by atoms with van der Waals surface area (Å²) in [4.78, 5) is 0. The highest BCUT2D eigenvalue weighted by atomic mass is 19.1. The van der Waals surface area contributed by atoms with Gasteiger partial charge in [-0.25, -0.2) is 4.39 Å². The van der Waals surface area contributed by atoms with E-state index >= 15 is 0 Å². The second-order valence-corrected chi connectivity index (χ2v) is 6.42. The van der Waals surface area contributed by atoms with Crippen LogP contribution in [-0.4, -0.2) is 17.8 Å². The average Bonchev–Trinajstić information content (AvgIpc) is 2.64. The molecule has 0 spiro atoms. The van der Waals surface area contributed by atoms with Crippen LogP contribution >= 0.6 is 0 Å². The standard InChI is InChI=1S/C18H27FO2/c1-3-6-14-7-5-11-18(20,12-10-14)13-15-8-4-9-16(21-2)17(15)19/h4,8-9,14,20H,3,5-7,10-13H2,1-2H3. The third kappa shape index (κ3) is 4.19. The van der Waals surface area contributed by atoms with Gasteiger partial charge in [-0.15, -0.1) is 0 Å². The lowest BCUT2D eigenvalue weighted by atomic mass is 9.86.